The molecule has 1 spiro atoms. The molecule has 4 N–H and O–H groups in total. The summed E-state index contributed by atoms with van der Waals surface area (Å²) >= 11 is 0. The first-order chi connectivity index (χ1) is 12.6. The van der Waals surface area contributed by atoms with E-state index < -0.39 is 0 Å². The van der Waals surface area contributed by atoms with Crippen LogP contribution in [-0.4, -0.2) is 12.2 Å². The largest absolute Gasteiger partial charge is 0.390 e. The molecule has 0 bridgehead atoms. The number of fused-ring (bicyclic) bond motifs is 2. The number of nitrogens with one attached hydrogen (secondary N) is 2. The Morgan fingerprint density at radius 1 is 1.27 bits per heavy atom. The Balaban J connectivity index is 1.67. The quantitative estimate of drug-likeness (QED) is 0.567. The number of aliphatic imine (C=N–C) groups is 1. The van der Waals surface area contributed by atoms with Gasteiger partial charge in [-0.2, -0.15) is 0 Å². The number of hydrogen-bond donors (Lipinski definition) is 3. The number of rotatable bonds is 4. The molecule has 1 amide bonds. The Labute approximate surface area is 155 Å². The lowest BCUT2D eigenvalue weighted by Gasteiger charge is -2.25. The molecule has 4 rings (SSSR count). The van der Waals surface area contributed by atoms with Gasteiger partial charge in [0.2, 0.25) is 0 Å². The average molecular weight is 352 g/mol. The van der Waals surface area contributed by atoms with Crippen molar-refractivity contribution in [1.82, 2.24) is 5.32 Å². The van der Waals surface area contributed by atoms with Gasteiger partial charge in [-0.3, -0.25) is 4.79 Å². The third-order valence-electron chi connectivity index (χ3n) is 6.17. The van der Waals surface area contributed by atoms with E-state index >= 15 is 0 Å². The van der Waals surface area contributed by atoms with Crippen molar-refractivity contribution in [3.63, 3.8) is 0 Å². The zero-order chi connectivity index (χ0) is 18.1. The average Bonchev–Trinajstić information content (AvgIpc) is 3.31. The van der Waals surface area contributed by atoms with Crippen molar-refractivity contribution in [3.05, 3.63) is 40.7 Å². The molecular weight excluding hydrogens is 324 g/mol. The highest BCUT2D eigenvalue weighted by Gasteiger charge is 2.45. The van der Waals surface area contributed by atoms with Crippen molar-refractivity contribution in [1.29, 1.82) is 0 Å². The SMILES string of the molecule is Cc1cc(NC(=C/C2CCCC2)/N=C\N)cc2c1C(=O)NC21CCCC1. The van der Waals surface area contributed by atoms with Crippen LogP contribution in [0.3, 0.4) is 0 Å². The topological polar surface area (TPSA) is 79.5 Å². The number of hydrogen-bond acceptors (Lipinski definition) is 3. The lowest BCUT2D eigenvalue weighted by molar-refractivity contribution is 0.0930. The molecule has 3 aliphatic rings. The van der Waals surface area contributed by atoms with Gasteiger partial charge >= 0.3 is 0 Å². The van der Waals surface area contributed by atoms with Crippen LogP contribution in [0.2, 0.25) is 0 Å². The maximum atomic E-state index is 12.5. The van der Waals surface area contributed by atoms with E-state index in [0.29, 0.717) is 5.92 Å². The number of carbonyl (C=O) groups is 1. The Morgan fingerprint density at radius 2 is 2.00 bits per heavy atom. The highest BCUT2D eigenvalue weighted by atomic mass is 16.2. The molecule has 138 valence electrons. The van der Waals surface area contributed by atoms with Crippen LogP contribution in [0.15, 0.2) is 29.0 Å². The van der Waals surface area contributed by atoms with Crippen LogP contribution in [0.1, 0.15) is 72.9 Å². The highest BCUT2D eigenvalue weighted by molar-refractivity contribution is 6.02. The molecule has 5 heteroatoms. The summed E-state index contributed by atoms with van der Waals surface area (Å²) in [5.41, 5.74) is 9.41. The van der Waals surface area contributed by atoms with E-state index in [2.05, 4.69) is 27.8 Å². The fourth-order valence-electron chi connectivity index (χ4n) is 4.95. The summed E-state index contributed by atoms with van der Waals surface area (Å²) in [6.07, 6.45) is 12.9. The zero-order valence-electron chi connectivity index (χ0n) is 15.5. The summed E-state index contributed by atoms with van der Waals surface area (Å²) in [4.78, 5) is 16.9. The summed E-state index contributed by atoms with van der Waals surface area (Å²) in [6, 6.07) is 4.18. The number of amides is 1. The van der Waals surface area contributed by atoms with Crippen molar-refractivity contribution in [2.24, 2.45) is 16.6 Å². The molecule has 5 nitrogen and oxygen atoms in total. The van der Waals surface area contributed by atoms with E-state index in [1.807, 2.05) is 13.0 Å². The molecule has 1 aromatic rings. The van der Waals surface area contributed by atoms with E-state index in [1.165, 1.54) is 44.9 Å². The maximum Gasteiger partial charge on any atom is 0.252 e. The number of nitrogens with two attached hydrogens (primary N) is 1. The smallest absolute Gasteiger partial charge is 0.252 e. The predicted octanol–water partition coefficient (Wildman–Crippen LogP) is 3.94. The summed E-state index contributed by atoms with van der Waals surface area (Å²) in [7, 11) is 0. The van der Waals surface area contributed by atoms with E-state index in [1.54, 1.807) is 0 Å². The van der Waals surface area contributed by atoms with Crippen LogP contribution in [0, 0.1) is 12.8 Å². The first-order valence-corrected chi connectivity index (χ1v) is 9.82. The number of aryl methyl sites for hydroxylation is 1. The monoisotopic (exact) mass is 352 g/mol. The van der Waals surface area contributed by atoms with Gasteiger partial charge in [0.1, 0.15) is 5.82 Å². The lowest BCUT2D eigenvalue weighted by Crippen LogP contribution is -2.36. The fraction of sp³-hybridized carbons (Fsp3) is 0.524. The molecule has 1 heterocycles. The summed E-state index contributed by atoms with van der Waals surface area (Å²) < 4.78 is 0. The van der Waals surface area contributed by atoms with Crippen molar-refractivity contribution in [3.8, 4) is 0 Å². The molecule has 2 fully saturated rings. The Morgan fingerprint density at radius 3 is 2.69 bits per heavy atom. The van der Waals surface area contributed by atoms with E-state index in [0.717, 1.165) is 41.0 Å². The van der Waals surface area contributed by atoms with Gasteiger partial charge in [-0.15, -0.1) is 0 Å². The first-order valence-electron chi connectivity index (χ1n) is 9.82. The number of benzene rings is 1. The second-order valence-electron chi connectivity index (χ2n) is 7.96. The molecule has 0 radical (unpaired) electrons. The molecule has 0 saturated heterocycles. The number of allylic oxidation sites excluding steroid dienone is 1. The minimum Gasteiger partial charge on any atom is -0.390 e. The van der Waals surface area contributed by atoms with Crippen LogP contribution < -0.4 is 16.4 Å². The van der Waals surface area contributed by atoms with Gasteiger partial charge in [0.05, 0.1) is 11.9 Å². The number of anilines is 1. The Bertz CT molecular complexity index is 768. The van der Waals surface area contributed by atoms with Gasteiger partial charge in [0.15, 0.2) is 0 Å². The summed E-state index contributed by atoms with van der Waals surface area (Å²) in [5.74, 6) is 1.45. The minimum atomic E-state index is -0.165. The molecule has 2 saturated carbocycles. The van der Waals surface area contributed by atoms with Crippen LogP contribution >= 0.6 is 0 Å². The van der Waals surface area contributed by atoms with Gasteiger partial charge in [-0.1, -0.05) is 25.7 Å². The standard InChI is InChI=1S/C21H28N4O/c1-14-10-16(24-18(23-13-22)11-15-6-2-3-7-15)12-17-19(14)20(26)25-21(17)8-4-5-9-21/h10-13,15,24H,2-9H2,1H3,(H2,22,23)(H,25,26)/b18-11+. The second kappa shape index (κ2) is 6.78. The molecule has 2 aliphatic carbocycles. The molecule has 1 aromatic carbocycles. The third-order valence-corrected chi connectivity index (χ3v) is 6.17. The normalized spacial score (nSPS) is 22.3. The van der Waals surface area contributed by atoms with Crippen molar-refractivity contribution < 1.29 is 4.79 Å². The zero-order valence-corrected chi connectivity index (χ0v) is 15.5. The molecule has 0 aromatic heterocycles. The Kier molecular flexibility index (Phi) is 4.47. The third kappa shape index (κ3) is 3.00. The number of nitrogens with zero attached hydrogens (tertiary/aromatic N) is 1. The molecular formula is C21H28N4O. The molecule has 0 atom stereocenters. The van der Waals surface area contributed by atoms with E-state index in [9.17, 15) is 4.79 Å². The minimum absolute atomic E-state index is 0.0765. The van der Waals surface area contributed by atoms with Crippen LogP contribution in [0.5, 0.6) is 0 Å². The highest BCUT2D eigenvalue weighted by Crippen LogP contribution is 2.45. The van der Waals surface area contributed by atoms with Crippen LogP contribution in [-0.2, 0) is 5.54 Å². The second-order valence-corrected chi connectivity index (χ2v) is 7.96. The van der Waals surface area contributed by atoms with Crippen molar-refractivity contribution in [2.45, 2.75) is 63.8 Å². The summed E-state index contributed by atoms with van der Waals surface area (Å²) in [5, 5.41) is 6.71. The predicted molar refractivity (Wildman–Crippen MR) is 105 cm³/mol. The molecule has 26 heavy (non-hydrogen) atoms. The van der Waals surface area contributed by atoms with Gasteiger partial charge in [-0.25, -0.2) is 4.99 Å². The maximum absolute atomic E-state index is 12.5. The van der Waals surface area contributed by atoms with Crippen LogP contribution in [0.4, 0.5) is 5.69 Å². The summed E-state index contributed by atoms with van der Waals surface area (Å²) in [6.45, 7) is 2.02. The van der Waals surface area contributed by atoms with Gasteiger partial charge < -0.3 is 16.4 Å². The van der Waals surface area contributed by atoms with E-state index in [-0.39, 0.29) is 11.4 Å². The Hall–Kier alpha value is -2.30. The first kappa shape index (κ1) is 17.1. The van der Waals surface area contributed by atoms with Crippen LogP contribution in [0.25, 0.3) is 0 Å². The van der Waals surface area contributed by atoms with E-state index in [4.69, 9.17) is 5.73 Å². The van der Waals surface area contributed by atoms with Crippen molar-refractivity contribution in [2.75, 3.05) is 5.32 Å². The van der Waals surface area contributed by atoms with Gasteiger partial charge in [0.25, 0.3) is 5.91 Å². The molecule has 0 unspecified atom stereocenters. The van der Waals surface area contributed by atoms with Gasteiger partial charge in [-0.05, 0) is 67.9 Å². The number of carbonyl (C=O) groups excluding carboxylic acids is 1. The van der Waals surface area contributed by atoms with Crippen molar-refractivity contribution >= 4 is 17.9 Å². The van der Waals surface area contributed by atoms with Gasteiger partial charge in [0, 0.05) is 11.3 Å². The molecule has 1 aliphatic heterocycles. The lowest BCUT2D eigenvalue weighted by atomic mass is 9.87. The fourth-order valence-corrected chi connectivity index (χ4v) is 4.95.